The molecule has 5 nitrogen and oxygen atoms in total. The van der Waals surface area contributed by atoms with Crippen LogP contribution in [0.3, 0.4) is 0 Å². The molecule has 0 spiro atoms. The van der Waals surface area contributed by atoms with E-state index in [2.05, 4.69) is 11.0 Å². The third-order valence-electron chi connectivity index (χ3n) is 5.21. The van der Waals surface area contributed by atoms with Gasteiger partial charge in [-0.2, -0.15) is 5.26 Å². The predicted octanol–water partition coefficient (Wildman–Crippen LogP) is 0.696. The van der Waals surface area contributed by atoms with Crippen LogP contribution in [0.1, 0.15) is 24.0 Å². The van der Waals surface area contributed by atoms with Crippen molar-refractivity contribution in [3.8, 4) is 11.8 Å². The lowest BCUT2D eigenvalue weighted by Gasteiger charge is -2.41. The van der Waals surface area contributed by atoms with Gasteiger partial charge in [-0.3, -0.25) is 0 Å². The summed E-state index contributed by atoms with van der Waals surface area (Å²) in [6, 6.07) is 3.95. The highest BCUT2D eigenvalue weighted by Crippen LogP contribution is 2.39. The molecule has 7 heteroatoms. The SMILES string of the molecule is [B]N1C2CCC1CN(c1cc(F)c3c(c1C#N)OCC(N)C3)C2. The summed E-state index contributed by atoms with van der Waals surface area (Å²) in [5.41, 5.74) is 7.30. The standard InChI is InChI=1S/C16H18BFN4O/c17-22-10-1-2-11(22)7-21(6-10)15-4-14(18)12-3-9(20)8-23-16(12)13(15)5-19/h4,9-11H,1-3,6-8,20H2. The van der Waals surface area contributed by atoms with Crippen molar-refractivity contribution in [1.82, 2.24) is 4.81 Å². The Morgan fingerprint density at radius 1 is 1.35 bits per heavy atom. The van der Waals surface area contributed by atoms with Gasteiger partial charge in [0.2, 0.25) is 0 Å². The fourth-order valence-electron chi connectivity index (χ4n) is 4.01. The number of nitrogens with two attached hydrogens (primary N) is 1. The zero-order valence-corrected chi connectivity index (χ0v) is 12.8. The van der Waals surface area contributed by atoms with E-state index in [9.17, 15) is 9.65 Å². The zero-order valence-electron chi connectivity index (χ0n) is 12.8. The van der Waals surface area contributed by atoms with E-state index in [-0.39, 0.29) is 23.9 Å². The van der Waals surface area contributed by atoms with Gasteiger partial charge < -0.3 is 20.2 Å². The maximum absolute atomic E-state index is 14.6. The van der Waals surface area contributed by atoms with Crippen molar-refractivity contribution < 1.29 is 9.13 Å². The van der Waals surface area contributed by atoms with Crippen molar-refractivity contribution in [2.45, 2.75) is 37.4 Å². The lowest BCUT2D eigenvalue weighted by atomic mass is 9.97. The molecule has 118 valence electrons. The van der Waals surface area contributed by atoms with Crippen LogP contribution in [0.15, 0.2) is 6.07 Å². The van der Waals surface area contributed by atoms with Gasteiger partial charge >= 0.3 is 0 Å². The van der Waals surface area contributed by atoms with Crippen molar-refractivity contribution in [1.29, 1.82) is 5.26 Å². The minimum Gasteiger partial charge on any atom is -0.490 e. The zero-order chi connectivity index (χ0) is 16.1. The van der Waals surface area contributed by atoms with Crippen LogP contribution in [-0.4, -0.2) is 50.6 Å². The van der Waals surface area contributed by atoms with Crippen LogP contribution in [0.2, 0.25) is 0 Å². The molecule has 4 rings (SSSR count). The Labute approximate surface area is 136 Å². The summed E-state index contributed by atoms with van der Waals surface area (Å²) in [4.78, 5) is 3.98. The molecule has 0 aliphatic carbocycles. The number of halogens is 1. The number of rotatable bonds is 1. The number of nitrogens with zero attached hydrogens (tertiary/aromatic N) is 3. The highest BCUT2D eigenvalue weighted by atomic mass is 19.1. The lowest BCUT2D eigenvalue weighted by molar-refractivity contribution is 0.258. The third-order valence-corrected chi connectivity index (χ3v) is 5.21. The van der Waals surface area contributed by atoms with Gasteiger partial charge in [-0.25, -0.2) is 4.39 Å². The van der Waals surface area contributed by atoms with Gasteiger partial charge in [0.1, 0.15) is 29.8 Å². The number of anilines is 1. The topological polar surface area (TPSA) is 65.5 Å². The number of hydrogen-bond donors (Lipinski definition) is 1. The van der Waals surface area contributed by atoms with Crippen molar-refractivity contribution in [3.05, 3.63) is 23.0 Å². The van der Waals surface area contributed by atoms with Gasteiger partial charge in [0.05, 0.1) is 5.69 Å². The average molecular weight is 312 g/mol. The summed E-state index contributed by atoms with van der Waals surface area (Å²) in [5, 5.41) is 9.62. The summed E-state index contributed by atoms with van der Waals surface area (Å²) in [6.45, 7) is 1.73. The molecule has 3 unspecified atom stereocenters. The number of nitriles is 1. The first-order chi connectivity index (χ1) is 11.1. The highest BCUT2D eigenvalue weighted by molar-refractivity contribution is 6.05. The van der Waals surface area contributed by atoms with Crippen LogP contribution in [0.5, 0.6) is 5.75 Å². The number of piperazine rings is 1. The second-order valence-electron chi connectivity index (χ2n) is 6.68. The highest BCUT2D eigenvalue weighted by Gasteiger charge is 2.38. The maximum Gasteiger partial charge on any atom is 0.183 e. The van der Waals surface area contributed by atoms with E-state index in [1.54, 1.807) is 0 Å². The molecule has 2 bridgehead atoms. The van der Waals surface area contributed by atoms with E-state index in [0.29, 0.717) is 48.7 Å². The Morgan fingerprint density at radius 3 is 2.70 bits per heavy atom. The van der Waals surface area contributed by atoms with Gasteiger partial charge in [-0.1, -0.05) is 0 Å². The molecule has 2 fully saturated rings. The quantitative estimate of drug-likeness (QED) is 0.773. The minimum atomic E-state index is -0.341. The van der Waals surface area contributed by atoms with E-state index >= 15 is 0 Å². The Kier molecular flexibility index (Phi) is 3.47. The summed E-state index contributed by atoms with van der Waals surface area (Å²) >= 11 is 0. The molecule has 2 saturated heterocycles. The number of hydrogen-bond acceptors (Lipinski definition) is 5. The Morgan fingerprint density at radius 2 is 2.04 bits per heavy atom. The van der Waals surface area contributed by atoms with Gasteiger partial charge in [0.25, 0.3) is 0 Å². The van der Waals surface area contributed by atoms with Crippen LogP contribution in [0, 0.1) is 17.1 Å². The second kappa shape index (κ2) is 5.39. The van der Waals surface area contributed by atoms with Crippen molar-refractivity contribution in [2.75, 3.05) is 24.6 Å². The summed E-state index contributed by atoms with van der Waals surface area (Å²) in [7, 11) is 6.08. The molecule has 2 N–H and O–H groups in total. The van der Waals surface area contributed by atoms with Gasteiger partial charge in [0.15, 0.2) is 7.98 Å². The maximum atomic E-state index is 14.6. The molecule has 23 heavy (non-hydrogen) atoms. The molecule has 1 aromatic carbocycles. The first kappa shape index (κ1) is 14.8. The van der Waals surface area contributed by atoms with Crippen molar-refractivity contribution in [2.24, 2.45) is 5.73 Å². The van der Waals surface area contributed by atoms with Crippen molar-refractivity contribution in [3.63, 3.8) is 0 Å². The minimum absolute atomic E-state index is 0.231. The van der Waals surface area contributed by atoms with Gasteiger partial charge in [-0.05, 0) is 25.3 Å². The number of benzene rings is 1. The van der Waals surface area contributed by atoms with Crippen LogP contribution < -0.4 is 15.4 Å². The fraction of sp³-hybridized carbons (Fsp3) is 0.562. The third kappa shape index (κ3) is 2.28. The molecule has 3 aliphatic heterocycles. The Balaban J connectivity index is 1.75. The molecule has 0 amide bonds. The summed E-state index contributed by atoms with van der Waals surface area (Å²) in [6.07, 6.45) is 2.48. The normalized spacial score (nSPS) is 29.8. The lowest BCUT2D eigenvalue weighted by Crippen LogP contribution is -2.53. The van der Waals surface area contributed by atoms with E-state index in [4.69, 9.17) is 18.5 Å². The smallest absolute Gasteiger partial charge is 0.183 e. The number of fused-ring (bicyclic) bond motifs is 3. The van der Waals surface area contributed by atoms with E-state index < -0.39 is 0 Å². The largest absolute Gasteiger partial charge is 0.490 e. The summed E-state index contributed by atoms with van der Waals surface area (Å²) < 4.78 is 20.2. The molecule has 3 atom stereocenters. The van der Waals surface area contributed by atoms with E-state index in [0.717, 1.165) is 12.8 Å². The first-order valence-electron chi connectivity index (χ1n) is 8.00. The van der Waals surface area contributed by atoms with Crippen LogP contribution >= 0.6 is 0 Å². The Hall–Kier alpha value is -1.78. The molecule has 1 aromatic rings. The molecule has 3 heterocycles. The molecule has 0 aromatic heterocycles. The fourth-order valence-corrected chi connectivity index (χ4v) is 4.01. The molecular formula is C16H18BFN4O. The monoisotopic (exact) mass is 312 g/mol. The van der Waals surface area contributed by atoms with Crippen LogP contribution in [0.4, 0.5) is 10.1 Å². The average Bonchev–Trinajstić information content (AvgIpc) is 2.76. The van der Waals surface area contributed by atoms with Crippen LogP contribution in [-0.2, 0) is 6.42 Å². The molecule has 2 radical (unpaired) electrons. The number of ether oxygens (including phenoxy) is 1. The van der Waals surface area contributed by atoms with Crippen LogP contribution in [0.25, 0.3) is 0 Å². The van der Waals surface area contributed by atoms with E-state index in [1.807, 2.05) is 4.81 Å². The predicted molar refractivity (Wildman–Crippen MR) is 84.9 cm³/mol. The second-order valence-corrected chi connectivity index (χ2v) is 6.68. The molecule has 3 aliphatic rings. The van der Waals surface area contributed by atoms with Gasteiger partial charge in [0, 0.05) is 36.8 Å². The molecular weight excluding hydrogens is 294 g/mol. The van der Waals surface area contributed by atoms with E-state index in [1.165, 1.54) is 6.07 Å². The summed E-state index contributed by atoms with van der Waals surface area (Å²) in [5.74, 6) is 0.0263. The Bertz CT molecular complexity index is 678. The first-order valence-corrected chi connectivity index (χ1v) is 8.00. The van der Waals surface area contributed by atoms with Crippen molar-refractivity contribution >= 4 is 13.7 Å². The van der Waals surface area contributed by atoms with Gasteiger partial charge in [-0.15, -0.1) is 0 Å². The molecule has 0 saturated carbocycles.